The SMILES string of the molecule is O=C(CN1CC2CC(O)(Cc3ccccc3)CC2C1)c1ccc(-c2ccccc2)cc1. The van der Waals surface area contributed by atoms with Crippen LogP contribution in [-0.2, 0) is 6.42 Å². The molecule has 1 saturated carbocycles. The van der Waals surface area contributed by atoms with E-state index in [1.807, 2.05) is 60.7 Å². The molecule has 2 atom stereocenters. The van der Waals surface area contributed by atoms with Gasteiger partial charge in [-0.05, 0) is 41.4 Å². The zero-order valence-corrected chi connectivity index (χ0v) is 17.8. The third-order valence-electron chi connectivity index (χ3n) is 6.99. The molecule has 1 aliphatic carbocycles. The molecular weight excluding hydrogens is 382 g/mol. The summed E-state index contributed by atoms with van der Waals surface area (Å²) in [4.78, 5) is 15.1. The number of hydrogen-bond donors (Lipinski definition) is 1. The van der Waals surface area contributed by atoms with E-state index >= 15 is 0 Å². The maximum atomic E-state index is 12.8. The molecule has 1 saturated heterocycles. The van der Waals surface area contributed by atoms with E-state index in [9.17, 15) is 9.90 Å². The first kappa shape index (κ1) is 20.2. The molecule has 0 aromatic heterocycles. The minimum absolute atomic E-state index is 0.180. The molecule has 1 heterocycles. The number of likely N-dealkylation sites (tertiary alicyclic amines) is 1. The largest absolute Gasteiger partial charge is 0.390 e. The van der Waals surface area contributed by atoms with E-state index in [1.165, 1.54) is 5.56 Å². The lowest BCUT2D eigenvalue weighted by molar-refractivity contribution is 0.0355. The van der Waals surface area contributed by atoms with Crippen LogP contribution in [0.3, 0.4) is 0 Å². The third-order valence-corrected chi connectivity index (χ3v) is 6.99. The molecule has 3 heteroatoms. The van der Waals surface area contributed by atoms with E-state index in [4.69, 9.17) is 0 Å². The van der Waals surface area contributed by atoms with Gasteiger partial charge in [0.05, 0.1) is 12.1 Å². The Morgan fingerprint density at radius 2 is 1.35 bits per heavy atom. The monoisotopic (exact) mass is 411 g/mol. The highest BCUT2D eigenvalue weighted by atomic mass is 16.3. The van der Waals surface area contributed by atoms with Crippen molar-refractivity contribution in [1.29, 1.82) is 0 Å². The summed E-state index contributed by atoms with van der Waals surface area (Å²) in [6.45, 7) is 2.29. The smallest absolute Gasteiger partial charge is 0.176 e. The van der Waals surface area contributed by atoms with Crippen molar-refractivity contribution in [3.8, 4) is 11.1 Å². The van der Waals surface area contributed by atoms with Crippen molar-refractivity contribution >= 4 is 5.78 Å². The summed E-state index contributed by atoms with van der Waals surface area (Å²) in [6.07, 6.45) is 2.40. The molecule has 3 nitrogen and oxygen atoms in total. The summed E-state index contributed by atoms with van der Waals surface area (Å²) in [7, 11) is 0. The Bertz CT molecular complexity index is 1020. The van der Waals surface area contributed by atoms with Gasteiger partial charge in [-0.3, -0.25) is 9.69 Å². The first-order chi connectivity index (χ1) is 15.1. The van der Waals surface area contributed by atoms with Gasteiger partial charge < -0.3 is 5.11 Å². The highest BCUT2D eigenvalue weighted by Gasteiger charge is 2.48. The number of hydrogen-bond acceptors (Lipinski definition) is 3. The highest BCUT2D eigenvalue weighted by molar-refractivity contribution is 5.98. The molecule has 158 valence electrons. The predicted molar refractivity (Wildman–Crippen MR) is 124 cm³/mol. The van der Waals surface area contributed by atoms with Gasteiger partial charge in [-0.25, -0.2) is 0 Å². The maximum absolute atomic E-state index is 12.8. The van der Waals surface area contributed by atoms with E-state index in [2.05, 4.69) is 29.2 Å². The lowest BCUT2D eigenvalue weighted by atomic mass is 9.91. The Hall–Kier alpha value is -2.75. The minimum atomic E-state index is -0.597. The number of ketones is 1. The Kier molecular flexibility index (Phi) is 5.47. The lowest BCUT2D eigenvalue weighted by Crippen LogP contribution is -2.34. The quantitative estimate of drug-likeness (QED) is 0.590. The van der Waals surface area contributed by atoms with Crippen molar-refractivity contribution in [3.05, 3.63) is 96.1 Å². The van der Waals surface area contributed by atoms with Gasteiger partial charge in [0, 0.05) is 25.1 Å². The second kappa shape index (κ2) is 8.41. The van der Waals surface area contributed by atoms with Gasteiger partial charge in [-0.1, -0.05) is 84.9 Å². The minimum Gasteiger partial charge on any atom is -0.390 e. The van der Waals surface area contributed by atoms with Crippen molar-refractivity contribution in [3.63, 3.8) is 0 Å². The van der Waals surface area contributed by atoms with Crippen LogP contribution >= 0.6 is 0 Å². The molecule has 0 bridgehead atoms. The highest BCUT2D eigenvalue weighted by Crippen LogP contribution is 2.45. The molecule has 3 aromatic carbocycles. The van der Waals surface area contributed by atoms with Crippen molar-refractivity contribution in [2.75, 3.05) is 19.6 Å². The van der Waals surface area contributed by atoms with Crippen molar-refractivity contribution < 1.29 is 9.90 Å². The molecule has 5 rings (SSSR count). The van der Waals surface area contributed by atoms with Gasteiger partial charge in [-0.2, -0.15) is 0 Å². The number of Topliss-reactive ketones (excluding diaryl/α,β-unsaturated/α-hetero) is 1. The molecule has 0 radical (unpaired) electrons. The normalized spacial score (nSPS) is 25.5. The van der Waals surface area contributed by atoms with E-state index in [0.717, 1.165) is 49.0 Å². The molecule has 31 heavy (non-hydrogen) atoms. The standard InChI is InChI=1S/C28H29NO2/c30-27(24-13-11-23(12-14-24)22-9-5-2-6-10-22)20-29-18-25-16-28(31,17-26(25)19-29)15-21-7-3-1-4-8-21/h1-14,25-26,31H,15-20H2. The average Bonchev–Trinajstić information content (AvgIpc) is 3.28. The summed E-state index contributed by atoms with van der Waals surface area (Å²) >= 11 is 0. The molecule has 1 aliphatic heterocycles. The van der Waals surface area contributed by atoms with Crippen LogP contribution < -0.4 is 0 Å². The molecule has 0 spiro atoms. The average molecular weight is 412 g/mol. The second-order valence-corrected chi connectivity index (χ2v) is 9.38. The van der Waals surface area contributed by atoms with E-state index in [1.54, 1.807) is 0 Å². The fourth-order valence-corrected chi connectivity index (χ4v) is 5.58. The van der Waals surface area contributed by atoms with Crippen LogP contribution in [0.5, 0.6) is 0 Å². The number of rotatable bonds is 6. The number of carbonyl (C=O) groups excluding carboxylic acids is 1. The van der Waals surface area contributed by atoms with Crippen LogP contribution in [0.1, 0.15) is 28.8 Å². The summed E-state index contributed by atoms with van der Waals surface area (Å²) in [5.41, 5.74) is 3.68. The van der Waals surface area contributed by atoms with Gasteiger partial charge in [0.25, 0.3) is 0 Å². The van der Waals surface area contributed by atoms with E-state index < -0.39 is 5.60 Å². The maximum Gasteiger partial charge on any atom is 0.176 e. The van der Waals surface area contributed by atoms with Crippen molar-refractivity contribution in [2.45, 2.75) is 24.9 Å². The number of nitrogens with zero attached hydrogens (tertiary/aromatic N) is 1. The fourth-order valence-electron chi connectivity index (χ4n) is 5.58. The van der Waals surface area contributed by atoms with Gasteiger partial charge in [0.2, 0.25) is 0 Å². The number of aliphatic hydroxyl groups is 1. The molecule has 2 fully saturated rings. The topological polar surface area (TPSA) is 40.5 Å². The zero-order valence-electron chi connectivity index (χ0n) is 17.8. The third kappa shape index (κ3) is 4.48. The predicted octanol–water partition coefficient (Wildman–Crippen LogP) is 4.85. The van der Waals surface area contributed by atoms with E-state index in [-0.39, 0.29) is 5.78 Å². The van der Waals surface area contributed by atoms with Gasteiger partial charge in [0.1, 0.15) is 0 Å². The number of carbonyl (C=O) groups is 1. The number of benzene rings is 3. The molecule has 0 amide bonds. The van der Waals surface area contributed by atoms with E-state index in [0.29, 0.717) is 18.4 Å². The summed E-state index contributed by atoms with van der Waals surface area (Å²) in [6, 6.07) is 28.5. The Morgan fingerprint density at radius 3 is 1.97 bits per heavy atom. The van der Waals surface area contributed by atoms with Gasteiger partial charge in [-0.15, -0.1) is 0 Å². The Labute approximate surface area is 184 Å². The molecule has 3 aromatic rings. The Morgan fingerprint density at radius 1 is 0.806 bits per heavy atom. The summed E-state index contributed by atoms with van der Waals surface area (Å²) in [5.74, 6) is 1.16. The Balaban J connectivity index is 1.16. The van der Waals surface area contributed by atoms with Crippen LogP contribution in [0.25, 0.3) is 11.1 Å². The fraction of sp³-hybridized carbons (Fsp3) is 0.321. The summed E-state index contributed by atoms with van der Waals surface area (Å²) in [5, 5.41) is 11.1. The molecular formula is C28H29NO2. The van der Waals surface area contributed by atoms with Crippen LogP contribution in [0.4, 0.5) is 0 Å². The lowest BCUT2D eigenvalue weighted by Gasteiger charge is -2.26. The van der Waals surface area contributed by atoms with Crippen LogP contribution in [-0.4, -0.2) is 41.0 Å². The van der Waals surface area contributed by atoms with Crippen molar-refractivity contribution in [2.24, 2.45) is 11.8 Å². The molecule has 2 aliphatic rings. The van der Waals surface area contributed by atoms with Crippen molar-refractivity contribution in [1.82, 2.24) is 4.90 Å². The summed E-state index contributed by atoms with van der Waals surface area (Å²) < 4.78 is 0. The number of fused-ring (bicyclic) bond motifs is 1. The molecule has 1 N–H and O–H groups in total. The van der Waals surface area contributed by atoms with Gasteiger partial charge >= 0.3 is 0 Å². The van der Waals surface area contributed by atoms with Gasteiger partial charge in [0.15, 0.2) is 5.78 Å². The zero-order chi connectivity index (χ0) is 21.3. The van der Waals surface area contributed by atoms with Crippen LogP contribution in [0.15, 0.2) is 84.9 Å². The first-order valence-corrected chi connectivity index (χ1v) is 11.3. The molecule has 2 unspecified atom stereocenters. The first-order valence-electron chi connectivity index (χ1n) is 11.3. The van der Waals surface area contributed by atoms with Crippen LogP contribution in [0, 0.1) is 11.8 Å². The van der Waals surface area contributed by atoms with Crippen LogP contribution in [0.2, 0.25) is 0 Å². The second-order valence-electron chi connectivity index (χ2n) is 9.38.